The molecule has 2 bridgehead atoms. The number of carbonyl (C=O) groups is 3. The molecular weight excluding hydrogens is 700 g/mol. The molecule has 0 N–H and O–H groups in total. The Hall–Kier alpha value is -6.46. The third-order valence-corrected chi connectivity index (χ3v) is 11.5. The molecular formula is C41H25ClN2O9. The predicted molar refractivity (Wildman–Crippen MR) is 191 cm³/mol. The number of nitrogens with zero attached hydrogens (tertiary/aromatic N) is 2. The van der Waals surface area contributed by atoms with E-state index in [1.807, 2.05) is 24.3 Å². The van der Waals surface area contributed by atoms with Gasteiger partial charge in [-0.15, -0.1) is 0 Å². The van der Waals surface area contributed by atoms with Gasteiger partial charge in [-0.1, -0.05) is 84.4 Å². The highest BCUT2D eigenvalue weighted by Crippen LogP contribution is 2.75. The van der Waals surface area contributed by atoms with Crippen LogP contribution in [0.5, 0.6) is 23.0 Å². The molecule has 0 unspecified atom stereocenters. The summed E-state index contributed by atoms with van der Waals surface area (Å²) in [6.07, 6.45) is 0. The largest absolute Gasteiger partial charge is 0.454 e. The second-order valence-electron chi connectivity index (χ2n) is 13.4. The Bertz CT molecular complexity index is 2370. The van der Waals surface area contributed by atoms with Crippen LogP contribution in [0.1, 0.15) is 22.3 Å². The van der Waals surface area contributed by atoms with E-state index in [4.69, 9.17) is 30.5 Å². The molecule has 0 spiro atoms. The maximum Gasteiger partial charge on any atom is 0.271 e. The first-order valence-electron chi connectivity index (χ1n) is 16.8. The second-order valence-corrected chi connectivity index (χ2v) is 13.8. The number of amides is 2. The van der Waals surface area contributed by atoms with Gasteiger partial charge in [0.2, 0.25) is 25.4 Å². The normalized spacial score (nSPS) is 24.7. The van der Waals surface area contributed by atoms with Gasteiger partial charge in [0.25, 0.3) is 5.69 Å². The Morgan fingerprint density at radius 3 is 1.57 bits per heavy atom. The Balaban J connectivity index is 1.36. The number of benzene rings is 5. The van der Waals surface area contributed by atoms with E-state index in [1.165, 1.54) is 12.1 Å². The van der Waals surface area contributed by atoms with Crippen molar-refractivity contribution in [3.05, 3.63) is 153 Å². The summed E-state index contributed by atoms with van der Waals surface area (Å²) in [5.41, 5.74) is -0.734. The molecule has 11 nitrogen and oxygen atoms in total. The number of carbonyl (C=O) groups excluding carboxylic acids is 3. The van der Waals surface area contributed by atoms with Crippen LogP contribution in [-0.2, 0) is 25.2 Å². The number of ketones is 1. The van der Waals surface area contributed by atoms with Crippen LogP contribution in [0.4, 0.5) is 11.4 Å². The topological polar surface area (TPSA) is 135 Å². The SMILES string of the molecule is O=C1[C@@H]2[C@@H](C(=O)N1c1cc([N+](=O)[O-])ccc1Cl)[C@@]1(c3ccccc3)C(=O)[C@@]2(c2ccccc2)C(c2ccc3c(c2)OCO3)=C1c1ccc2c(c1)OCO2. The molecule has 53 heavy (non-hydrogen) atoms. The Morgan fingerprint density at radius 2 is 1.09 bits per heavy atom. The standard InChI is InChI=1S/C41H25ClN2O9/c42-27-14-13-26(44(48)49)19-28(27)43-37(45)35-36(38(43)46)41(25-9-5-2-6-10-25)34(23-12-16-30-32(18-23)53-21-51-30)33(22-11-15-29-31(17-22)52-20-50-29)40(35,39(41)47)24-7-3-1-4-8-24/h1-19,35-36H,20-21H2/t35-,36-,40-,41-/m0/s1. The van der Waals surface area contributed by atoms with E-state index in [2.05, 4.69) is 0 Å². The van der Waals surface area contributed by atoms with Crippen molar-refractivity contribution in [1.82, 2.24) is 0 Å². The number of hydrogen-bond donors (Lipinski definition) is 0. The highest BCUT2D eigenvalue weighted by molar-refractivity contribution is 6.41. The van der Waals surface area contributed by atoms with E-state index in [0.717, 1.165) is 11.0 Å². The van der Waals surface area contributed by atoms with Gasteiger partial charge in [0.1, 0.15) is 0 Å². The lowest BCUT2D eigenvalue weighted by Gasteiger charge is -2.39. The maximum absolute atomic E-state index is 16.2. The third kappa shape index (κ3) is 3.91. The monoisotopic (exact) mass is 724 g/mol. The average Bonchev–Trinajstić information content (AvgIpc) is 3.99. The van der Waals surface area contributed by atoms with Crippen molar-refractivity contribution >= 4 is 51.7 Å². The lowest BCUT2D eigenvalue weighted by Crippen LogP contribution is -2.45. The minimum absolute atomic E-state index is 0.0141. The number of ether oxygens (including phenoxy) is 4. The predicted octanol–water partition coefficient (Wildman–Crippen LogP) is 6.89. The van der Waals surface area contributed by atoms with Crippen LogP contribution in [0.25, 0.3) is 11.1 Å². The van der Waals surface area contributed by atoms with E-state index in [-0.39, 0.29) is 35.8 Å². The summed E-state index contributed by atoms with van der Waals surface area (Å²) in [5.74, 6) is -2.32. The van der Waals surface area contributed by atoms with E-state index in [9.17, 15) is 10.1 Å². The number of rotatable bonds is 6. The molecule has 12 heteroatoms. The fourth-order valence-corrected chi connectivity index (χ4v) is 9.45. The lowest BCUT2D eigenvalue weighted by molar-refractivity contribution is -0.384. The summed E-state index contributed by atoms with van der Waals surface area (Å²) in [4.78, 5) is 59.0. The summed E-state index contributed by atoms with van der Waals surface area (Å²) in [7, 11) is 0. The zero-order valence-electron chi connectivity index (χ0n) is 27.5. The summed E-state index contributed by atoms with van der Waals surface area (Å²) < 4.78 is 23.0. The molecule has 2 amide bonds. The van der Waals surface area contributed by atoms with Gasteiger partial charge < -0.3 is 18.9 Å². The highest BCUT2D eigenvalue weighted by Gasteiger charge is 2.83. The maximum atomic E-state index is 16.2. The van der Waals surface area contributed by atoms with Crippen LogP contribution >= 0.6 is 11.6 Å². The quantitative estimate of drug-likeness (QED) is 0.104. The van der Waals surface area contributed by atoms with Crippen LogP contribution in [0.2, 0.25) is 5.02 Å². The summed E-state index contributed by atoms with van der Waals surface area (Å²) in [6, 6.07) is 32.4. The van der Waals surface area contributed by atoms with Crippen molar-refractivity contribution in [3.8, 4) is 23.0 Å². The third-order valence-electron chi connectivity index (χ3n) is 11.2. The number of fused-ring (bicyclic) bond motifs is 7. The molecule has 3 heterocycles. The molecule has 5 aliphatic rings. The minimum Gasteiger partial charge on any atom is -0.454 e. The number of hydrogen-bond acceptors (Lipinski definition) is 9. The smallest absolute Gasteiger partial charge is 0.271 e. The van der Waals surface area contributed by atoms with E-state index in [1.54, 1.807) is 72.8 Å². The molecule has 5 aromatic carbocycles. The van der Waals surface area contributed by atoms with E-state index >= 15 is 14.4 Å². The summed E-state index contributed by atoms with van der Waals surface area (Å²) >= 11 is 6.65. The lowest BCUT2D eigenvalue weighted by atomic mass is 9.59. The summed E-state index contributed by atoms with van der Waals surface area (Å²) in [5, 5.41) is 11.9. The number of Topliss-reactive ketones (excluding diaryl/α,β-unsaturated/α-hetero) is 1. The van der Waals surface area contributed by atoms with Crippen molar-refractivity contribution in [2.75, 3.05) is 18.5 Å². The number of imide groups is 1. The number of nitro benzene ring substituents is 1. The van der Waals surface area contributed by atoms with Crippen LogP contribution in [0.15, 0.2) is 115 Å². The zero-order chi connectivity index (χ0) is 36.2. The zero-order valence-corrected chi connectivity index (χ0v) is 28.2. The minimum atomic E-state index is -1.74. The van der Waals surface area contributed by atoms with Crippen molar-refractivity contribution in [3.63, 3.8) is 0 Å². The van der Waals surface area contributed by atoms with E-state index in [0.29, 0.717) is 56.4 Å². The molecule has 2 aliphatic carbocycles. The molecule has 1 saturated heterocycles. The molecule has 4 atom stereocenters. The van der Waals surface area contributed by atoms with Gasteiger partial charge in [0.05, 0.1) is 38.3 Å². The van der Waals surface area contributed by atoms with Crippen molar-refractivity contribution in [1.29, 1.82) is 0 Å². The van der Waals surface area contributed by atoms with Crippen LogP contribution in [0, 0.1) is 22.0 Å². The second kappa shape index (κ2) is 11.0. The first-order chi connectivity index (χ1) is 25.8. The summed E-state index contributed by atoms with van der Waals surface area (Å²) in [6.45, 7) is 0.0281. The molecule has 1 saturated carbocycles. The molecule has 2 fully saturated rings. The fourth-order valence-electron chi connectivity index (χ4n) is 9.25. The van der Waals surface area contributed by atoms with Crippen LogP contribution in [0.3, 0.4) is 0 Å². The van der Waals surface area contributed by atoms with Gasteiger partial charge in [-0.05, 0) is 63.7 Å². The number of halogens is 1. The van der Waals surface area contributed by atoms with Gasteiger partial charge in [0.15, 0.2) is 28.8 Å². The van der Waals surface area contributed by atoms with Crippen LogP contribution < -0.4 is 23.8 Å². The Morgan fingerprint density at radius 1 is 0.623 bits per heavy atom. The molecule has 10 rings (SSSR count). The number of non-ortho nitro benzene ring substituents is 1. The molecule has 3 aliphatic heterocycles. The van der Waals surface area contributed by atoms with Crippen molar-refractivity contribution in [2.45, 2.75) is 10.8 Å². The van der Waals surface area contributed by atoms with Crippen molar-refractivity contribution in [2.24, 2.45) is 11.8 Å². The van der Waals surface area contributed by atoms with Crippen LogP contribution in [-0.4, -0.2) is 36.1 Å². The Labute approximate surface area is 306 Å². The molecule has 260 valence electrons. The average molecular weight is 725 g/mol. The van der Waals surface area contributed by atoms with Gasteiger partial charge in [0, 0.05) is 12.1 Å². The van der Waals surface area contributed by atoms with Gasteiger partial charge in [-0.2, -0.15) is 0 Å². The van der Waals surface area contributed by atoms with E-state index < -0.39 is 39.4 Å². The highest BCUT2D eigenvalue weighted by atomic mass is 35.5. The van der Waals surface area contributed by atoms with Gasteiger partial charge >= 0.3 is 0 Å². The molecule has 0 radical (unpaired) electrons. The first-order valence-corrected chi connectivity index (χ1v) is 17.2. The molecule has 5 aromatic rings. The van der Waals surface area contributed by atoms with Gasteiger partial charge in [-0.25, -0.2) is 4.90 Å². The van der Waals surface area contributed by atoms with Gasteiger partial charge in [-0.3, -0.25) is 24.5 Å². The fraction of sp³-hybridized carbons (Fsp3) is 0.146. The number of nitro groups is 1. The number of anilines is 1. The number of allylic oxidation sites excluding steroid dienone is 2. The Kier molecular flexibility index (Phi) is 6.51. The van der Waals surface area contributed by atoms with Crippen molar-refractivity contribution < 1.29 is 38.3 Å². The molecule has 0 aromatic heterocycles. The first kappa shape index (κ1) is 31.3.